The van der Waals surface area contributed by atoms with E-state index in [4.69, 9.17) is 0 Å². The van der Waals surface area contributed by atoms with Crippen molar-refractivity contribution in [1.82, 2.24) is 14.8 Å². The number of hydrogen-bond donors (Lipinski definition) is 0. The van der Waals surface area contributed by atoms with Gasteiger partial charge >= 0.3 is 0 Å². The van der Waals surface area contributed by atoms with Crippen molar-refractivity contribution < 1.29 is 4.79 Å². The van der Waals surface area contributed by atoms with Gasteiger partial charge in [-0.25, -0.2) is 4.99 Å². The summed E-state index contributed by atoms with van der Waals surface area (Å²) in [7, 11) is 0. The van der Waals surface area contributed by atoms with E-state index in [0.29, 0.717) is 18.8 Å². The van der Waals surface area contributed by atoms with E-state index in [1.807, 2.05) is 60.1 Å². The Morgan fingerprint density at radius 2 is 2.03 bits per heavy atom. The Bertz CT molecular complexity index is 1050. The molecule has 0 saturated heterocycles. The highest BCUT2D eigenvalue weighted by Crippen LogP contribution is 2.27. The Morgan fingerprint density at radius 1 is 1.21 bits per heavy atom. The predicted octanol–water partition coefficient (Wildman–Crippen LogP) is 3.66. The predicted molar refractivity (Wildman–Crippen MR) is 116 cm³/mol. The average molecular weight is 404 g/mol. The lowest BCUT2D eigenvalue weighted by Gasteiger charge is -2.20. The molecule has 2 unspecified atom stereocenters. The molecule has 1 aliphatic heterocycles. The van der Waals surface area contributed by atoms with Crippen LogP contribution in [0.1, 0.15) is 18.3 Å². The van der Waals surface area contributed by atoms with Crippen molar-refractivity contribution in [2.24, 2.45) is 15.9 Å². The second kappa shape index (κ2) is 8.53. The molecule has 1 aromatic heterocycles. The molecule has 0 N–H and O–H groups in total. The maximum atomic E-state index is 12.4. The van der Waals surface area contributed by atoms with Crippen LogP contribution in [0.15, 0.2) is 82.4 Å². The van der Waals surface area contributed by atoms with Gasteiger partial charge in [0.2, 0.25) is 0 Å². The fourth-order valence-electron chi connectivity index (χ4n) is 3.21. The zero-order valence-corrected chi connectivity index (χ0v) is 16.9. The molecular weight excluding hydrogens is 382 g/mol. The summed E-state index contributed by atoms with van der Waals surface area (Å²) in [6.45, 7) is 6.45. The van der Waals surface area contributed by atoms with Gasteiger partial charge in [0.05, 0.1) is 11.0 Å². The van der Waals surface area contributed by atoms with Crippen LogP contribution in [-0.2, 0) is 17.8 Å². The Morgan fingerprint density at radius 3 is 2.83 bits per heavy atom. The maximum Gasteiger partial charge on any atom is 0.260 e. The van der Waals surface area contributed by atoms with E-state index < -0.39 is 0 Å². The number of amides is 1. The molecule has 7 heteroatoms. The summed E-state index contributed by atoms with van der Waals surface area (Å²) in [5.41, 5.74) is 1.92. The van der Waals surface area contributed by atoms with Crippen molar-refractivity contribution in [2.75, 3.05) is 0 Å². The van der Waals surface area contributed by atoms with E-state index >= 15 is 0 Å². The normalized spacial score (nSPS) is 18.8. The van der Waals surface area contributed by atoms with E-state index in [9.17, 15) is 4.79 Å². The standard InChI is InChI=1S/C22H21N5OS/c1-3-13-27-19(14-16-9-5-4-6-10-16)25-26-22(27)29-15(2)20-23-18-12-8-7-11-17(18)21(28)24-20/h3-12,15,17H,1,13-14H2,2H3. The summed E-state index contributed by atoms with van der Waals surface area (Å²) >= 11 is 1.50. The van der Waals surface area contributed by atoms with Crippen LogP contribution in [-0.4, -0.2) is 37.5 Å². The van der Waals surface area contributed by atoms with Crippen LogP contribution < -0.4 is 0 Å². The molecule has 1 aliphatic carbocycles. The molecule has 1 amide bonds. The molecular formula is C22H21N5OS. The molecule has 29 heavy (non-hydrogen) atoms. The highest BCUT2D eigenvalue weighted by atomic mass is 32.2. The van der Waals surface area contributed by atoms with Crippen molar-refractivity contribution in [3.63, 3.8) is 0 Å². The smallest absolute Gasteiger partial charge is 0.260 e. The summed E-state index contributed by atoms with van der Waals surface area (Å²) in [6, 6.07) is 10.2. The number of benzene rings is 1. The summed E-state index contributed by atoms with van der Waals surface area (Å²) in [6.07, 6.45) is 9.96. The molecule has 2 aliphatic rings. The van der Waals surface area contributed by atoms with Crippen molar-refractivity contribution in [2.45, 2.75) is 30.3 Å². The number of carbonyl (C=O) groups excluding carboxylic acids is 1. The number of thioether (sulfide) groups is 1. The fraction of sp³-hybridized carbons (Fsp3) is 0.227. The van der Waals surface area contributed by atoms with E-state index in [2.05, 4.69) is 38.9 Å². The van der Waals surface area contributed by atoms with Crippen molar-refractivity contribution in [3.05, 3.63) is 78.7 Å². The van der Waals surface area contributed by atoms with Gasteiger partial charge in [-0.3, -0.25) is 4.79 Å². The minimum Gasteiger partial charge on any atom is -0.302 e. The summed E-state index contributed by atoms with van der Waals surface area (Å²) in [5.74, 6) is 0.862. The minimum absolute atomic E-state index is 0.135. The molecule has 0 bridgehead atoms. The van der Waals surface area contributed by atoms with Gasteiger partial charge in [-0.1, -0.05) is 66.4 Å². The highest BCUT2D eigenvalue weighted by molar-refractivity contribution is 8.00. The number of rotatable bonds is 7. The molecule has 2 heterocycles. The van der Waals surface area contributed by atoms with Crippen LogP contribution in [0.4, 0.5) is 0 Å². The highest BCUT2D eigenvalue weighted by Gasteiger charge is 2.29. The largest absolute Gasteiger partial charge is 0.302 e. The quantitative estimate of drug-likeness (QED) is 0.522. The molecule has 0 spiro atoms. The Kier molecular flexibility index (Phi) is 5.67. The number of carbonyl (C=O) groups is 1. The molecule has 6 nitrogen and oxygen atoms in total. The third-order valence-corrected chi connectivity index (χ3v) is 5.77. The summed E-state index contributed by atoms with van der Waals surface area (Å²) in [5, 5.41) is 9.40. The Balaban J connectivity index is 1.55. The molecule has 2 aromatic rings. The van der Waals surface area contributed by atoms with Crippen LogP contribution in [0.5, 0.6) is 0 Å². The molecule has 146 valence electrons. The van der Waals surface area contributed by atoms with Gasteiger partial charge in [0.15, 0.2) is 5.16 Å². The van der Waals surface area contributed by atoms with Crippen LogP contribution in [0.25, 0.3) is 0 Å². The number of allylic oxidation sites excluding steroid dienone is 4. The van der Waals surface area contributed by atoms with Crippen LogP contribution in [0, 0.1) is 5.92 Å². The van der Waals surface area contributed by atoms with Gasteiger partial charge in [-0.2, -0.15) is 4.99 Å². The number of aliphatic imine (C=N–C) groups is 2. The van der Waals surface area contributed by atoms with Crippen molar-refractivity contribution >= 4 is 29.2 Å². The van der Waals surface area contributed by atoms with Gasteiger partial charge in [0.25, 0.3) is 5.91 Å². The third kappa shape index (κ3) is 4.19. The molecule has 0 saturated carbocycles. The average Bonchev–Trinajstić information content (AvgIpc) is 3.10. The van der Waals surface area contributed by atoms with Gasteiger partial charge < -0.3 is 4.57 Å². The topological polar surface area (TPSA) is 72.5 Å². The zero-order chi connectivity index (χ0) is 20.2. The van der Waals surface area contributed by atoms with E-state index in [1.165, 1.54) is 17.3 Å². The summed E-state index contributed by atoms with van der Waals surface area (Å²) < 4.78 is 2.05. The van der Waals surface area contributed by atoms with Gasteiger partial charge in [0.1, 0.15) is 17.6 Å². The first-order valence-electron chi connectivity index (χ1n) is 9.45. The monoisotopic (exact) mass is 403 g/mol. The third-order valence-electron chi connectivity index (χ3n) is 4.69. The number of aromatic nitrogens is 3. The number of amidine groups is 1. The fourth-order valence-corrected chi connectivity index (χ4v) is 4.13. The minimum atomic E-state index is -0.358. The number of nitrogens with zero attached hydrogens (tertiary/aromatic N) is 5. The molecule has 0 fully saturated rings. The number of fused-ring (bicyclic) bond motifs is 1. The first kappa shape index (κ1) is 19.3. The molecule has 2 atom stereocenters. The lowest BCUT2D eigenvalue weighted by atomic mass is 9.96. The van der Waals surface area contributed by atoms with Crippen LogP contribution in [0.2, 0.25) is 0 Å². The second-order valence-corrected chi connectivity index (χ2v) is 8.10. The maximum absolute atomic E-state index is 12.4. The lowest BCUT2D eigenvalue weighted by molar-refractivity contribution is -0.118. The molecule has 0 radical (unpaired) electrons. The first-order valence-corrected chi connectivity index (χ1v) is 10.3. The van der Waals surface area contributed by atoms with Gasteiger partial charge in [0, 0.05) is 13.0 Å². The summed E-state index contributed by atoms with van der Waals surface area (Å²) in [4.78, 5) is 21.2. The first-order chi connectivity index (χ1) is 14.2. The Labute approximate surface area is 173 Å². The molecule has 4 rings (SSSR count). The molecule has 1 aromatic carbocycles. The van der Waals surface area contributed by atoms with E-state index in [0.717, 1.165) is 16.7 Å². The van der Waals surface area contributed by atoms with Crippen LogP contribution in [0.3, 0.4) is 0 Å². The lowest BCUT2D eigenvalue weighted by Crippen LogP contribution is -2.30. The zero-order valence-electron chi connectivity index (χ0n) is 16.1. The SMILES string of the molecule is C=CCn1c(Cc2ccccc2)nnc1SC(C)C1=NC(=O)C2C=CC=CC2=N1. The van der Waals surface area contributed by atoms with Gasteiger partial charge in [-0.05, 0) is 18.6 Å². The van der Waals surface area contributed by atoms with Crippen molar-refractivity contribution in [1.29, 1.82) is 0 Å². The van der Waals surface area contributed by atoms with Crippen LogP contribution >= 0.6 is 11.8 Å². The van der Waals surface area contributed by atoms with Gasteiger partial charge in [-0.15, -0.1) is 16.8 Å². The van der Waals surface area contributed by atoms with Crippen molar-refractivity contribution in [3.8, 4) is 0 Å². The Hall–Kier alpha value is -3.06. The number of hydrogen-bond acceptors (Lipinski definition) is 5. The second-order valence-electron chi connectivity index (χ2n) is 6.79. The van der Waals surface area contributed by atoms with E-state index in [1.54, 1.807) is 0 Å². The van der Waals surface area contributed by atoms with E-state index in [-0.39, 0.29) is 17.1 Å².